The fourth-order valence-corrected chi connectivity index (χ4v) is 2.12. The Hall–Kier alpha value is -1.12. The number of carbonyl (C=O) groups excluding carboxylic acids is 2. The summed E-state index contributed by atoms with van der Waals surface area (Å²) in [5.74, 6) is -0.656. The van der Waals surface area contributed by atoms with Crippen LogP contribution in [0.4, 0.5) is 0 Å². The molecular formula is C12H18O3. The predicted octanol–water partition coefficient (Wildman–Crippen LogP) is 2.11. The van der Waals surface area contributed by atoms with Gasteiger partial charge in [-0.15, -0.1) is 0 Å². The zero-order valence-corrected chi connectivity index (χ0v) is 9.79. The third kappa shape index (κ3) is 2.46. The zero-order chi connectivity index (χ0) is 11.6. The number of methoxy groups -OCH3 is 1. The van der Waals surface area contributed by atoms with Gasteiger partial charge in [-0.1, -0.05) is 11.1 Å². The molecule has 0 bridgehead atoms. The highest BCUT2D eigenvalue weighted by atomic mass is 16.5. The van der Waals surface area contributed by atoms with Crippen molar-refractivity contribution in [3.63, 3.8) is 0 Å². The lowest BCUT2D eigenvalue weighted by molar-refractivity contribution is -0.150. The molecule has 1 aliphatic carbocycles. The maximum absolute atomic E-state index is 11.5. The summed E-state index contributed by atoms with van der Waals surface area (Å²) in [6.07, 6.45) is 1.35. The number of hydrogen-bond acceptors (Lipinski definition) is 3. The summed E-state index contributed by atoms with van der Waals surface area (Å²) < 4.78 is 4.74. The van der Waals surface area contributed by atoms with Crippen LogP contribution in [0.2, 0.25) is 0 Å². The van der Waals surface area contributed by atoms with Crippen LogP contribution in [-0.2, 0) is 14.3 Å². The summed E-state index contributed by atoms with van der Waals surface area (Å²) in [6.45, 7) is 5.59. The van der Waals surface area contributed by atoms with Gasteiger partial charge in [0.15, 0.2) is 0 Å². The molecule has 0 heterocycles. The van der Waals surface area contributed by atoms with Gasteiger partial charge in [0, 0.05) is 5.92 Å². The van der Waals surface area contributed by atoms with Crippen LogP contribution in [0.5, 0.6) is 0 Å². The fraction of sp³-hybridized carbons (Fsp3) is 0.667. The van der Waals surface area contributed by atoms with Crippen LogP contribution in [0.15, 0.2) is 11.1 Å². The van der Waals surface area contributed by atoms with Crippen LogP contribution in [0.1, 0.15) is 33.6 Å². The van der Waals surface area contributed by atoms with Crippen molar-refractivity contribution in [3.8, 4) is 0 Å². The lowest BCUT2D eigenvalue weighted by Gasteiger charge is -2.29. The Balaban J connectivity index is 2.94. The van der Waals surface area contributed by atoms with Crippen LogP contribution in [0, 0.1) is 11.8 Å². The first-order chi connectivity index (χ1) is 6.97. The van der Waals surface area contributed by atoms with Gasteiger partial charge >= 0.3 is 5.97 Å². The molecule has 0 saturated heterocycles. The van der Waals surface area contributed by atoms with Crippen molar-refractivity contribution in [2.45, 2.75) is 33.6 Å². The second-order valence-electron chi connectivity index (χ2n) is 4.32. The lowest BCUT2D eigenvalue weighted by Crippen LogP contribution is -2.33. The fourth-order valence-electron chi connectivity index (χ4n) is 2.12. The van der Waals surface area contributed by atoms with E-state index >= 15 is 0 Å². The average Bonchev–Trinajstić information content (AvgIpc) is 2.20. The lowest BCUT2D eigenvalue weighted by atomic mass is 9.75. The molecule has 0 aromatic rings. The minimum absolute atomic E-state index is 0.0808. The van der Waals surface area contributed by atoms with Gasteiger partial charge in [0.05, 0.1) is 13.0 Å². The highest BCUT2D eigenvalue weighted by Crippen LogP contribution is 2.35. The van der Waals surface area contributed by atoms with E-state index in [9.17, 15) is 9.59 Å². The van der Waals surface area contributed by atoms with E-state index in [1.807, 2.05) is 13.8 Å². The van der Waals surface area contributed by atoms with E-state index in [-0.39, 0.29) is 23.6 Å². The molecule has 0 unspecified atom stereocenters. The van der Waals surface area contributed by atoms with Crippen LogP contribution in [-0.4, -0.2) is 18.9 Å². The van der Waals surface area contributed by atoms with Crippen LogP contribution >= 0.6 is 0 Å². The Morgan fingerprint density at radius 2 is 1.60 bits per heavy atom. The van der Waals surface area contributed by atoms with E-state index < -0.39 is 0 Å². The maximum Gasteiger partial charge on any atom is 0.309 e. The predicted molar refractivity (Wildman–Crippen MR) is 57.3 cm³/mol. The number of rotatable bonds is 2. The summed E-state index contributed by atoms with van der Waals surface area (Å²) in [4.78, 5) is 23.0. The molecule has 3 nitrogen and oxygen atoms in total. The molecule has 1 rings (SSSR count). The van der Waals surface area contributed by atoms with E-state index in [0.717, 1.165) is 0 Å². The van der Waals surface area contributed by atoms with Gasteiger partial charge in [-0.05, 0) is 33.6 Å². The van der Waals surface area contributed by atoms with Crippen LogP contribution in [0.25, 0.3) is 0 Å². The molecule has 2 atom stereocenters. The van der Waals surface area contributed by atoms with Crippen LogP contribution in [0.3, 0.4) is 0 Å². The van der Waals surface area contributed by atoms with Crippen molar-refractivity contribution in [2.24, 2.45) is 11.8 Å². The number of allylic oxidation sites excluding steroid dienone is 2. The topological polar surface area (TPSA) is 43.4 Å². The first-order valence-electron chi connectivity index (χ1n) is 5.20. The third-order valence-corrected chi connectivity index (χ3v) is 3.29. The molecule has 0 amide bonds. The molecular weight excluding hydrogens is 192 g/mol. The minimum atomic E-state index is -0.281. The number of carbonyl (C=O) groups is 2. The molecule has 0 aromatic heterocycles. The minimum Gasteiger partial charge on any atom is -0.469 e. The zero-order valence-electron chi connectivity index (χ0n) is 9.79. The number of esters is 1. The molecule has 0 saturated carbocycles. The molecule has 0 aromatic carbocycles. The third-order valence-electron chi connectivity index (χ3n) is 3.29. The molecule has 3 heteroatoms. The summed E-state index contributed by atoms with van der Waals surface area (Å²) in [5, 5.41) is 0. The molecule has 0 radical (unpaired) electrons. The summed E-state index contributed by atoms with van der Waals surface area (Å²) >= 11 is 0. The Labute approximate surface area is 90.5 Å². The summed E-state index contributed by atoms with van der Waals surface area (Å²) in [6, 6.07) is 0. The molecule has 0 fully saturated rings. The molecule has 0 N–H and O–H groups in total. The number of Topliss-reactive ketones (excluding diaryl/α,β-unsaturated/α-hetero) is 1. The van der Waals surface area contributed by atoms with Crippen molar-refractivity contribution in [1.82, 2.24) is 0 Å². The molecule has 0 spiro atoms. The normalized spacial score (nSPS) is 26.4. The van der Waals surface area contributed by atoms with E-state index in [0.29, 0.717) is 12.8 Å². The van der Waals surface area contributed by atoms with Gasteiger partial charge in [-0.2, -0.15) is 0 Å². The quantitative estimate of drug-likeness (QED) is 0.518. The Morgan fingerprint density at radius 3 is 2.00 bits per heavy atom. The molecule has 15 heavy (non-hydrogen) atoms. The Kier molecular flexibility index (Phi) is 3.66. The summed E-state index contributed by atoms with van der Waals surface area (Å²) in [7, 11) is 1.38. The van der Waals surface area contributed by atoms with E-state index in [4.69, 9.17) is 4.74 Å². The van der Waals surface area contributed by atoms with Gasteiger partial charge in [-0.3, -0.25) is 9.59 Å². The molecule has 0 aliphatic heterocycles. The largest absolute Gasteiger partial charge is 0.469 e. The molecule has 1 aliphatic rings. The van der Waals surface area contributed by atoms with Crippen LogP contribution < -0.4 is 0 Å². The van der Waals surface area contributed by atoms with E-state index in [2.05, 4.69) is 0 Å². The summed E-state index contributed by atoms with van der Waals surface area (Å²) in [5.41, 5.74) is 2.44. The first-order valence-corrected chi connectivity index (χ1v) is 5.20. The van der Waals surface area contributed by atoms with Gasteiger partial charge < -0.3 is 4.74 Å². The van der Waals surface area contributed by atoms with Gasteiger partial charge in [0.2, 0.25) is 0 Å². The van der Waals surface area contributed by atoms with Crippen molar-refractivity contribution in [1.29, 1.82) is 0 Å². The highest BCUT2D eigenvalue weighted by Gasteiger charge is 2.35. The maximum atomic E-state index is 11.5. The van der Waals surface area contributed by atoms with Gasteiger partial charge in [0.25, 0.3) is 0 Å². The number of ether oxygens (including phenoxy) is 1. The van der Waals surface area contributed by atoms with Gasteiger partial charge in [0.1, 0.15) is 5.78 Å². The highest BCUT2D eigenvalue weighted by molar-refractivity contribution is 5.86. The molecule has 84 valence electrons. The van der Waals surface area contributed by atoms with Crippen molar-refractivity contribution >= 4 is 11.8 Å². The Morgan fingerprint density at radius 1 is 1.13 bits per heavy atom. The smallest absolute Gasteiger partial charge is 0.309 e. The van der Waals surface area contributed by atoms with E-state index in [1.165, 1.54) is 18.3 Å². The number of ketones is 1. The van der Waals surface area contributed by atoms with E-state index in [1.54, 1.807) is 6.92 Å². The van der Waals surface area contributed by atoms with Gasteiger partial charge in [-0.25, -0.2) is 0 Å². The second kappa shape index (κ2) is 4.60. The first kappa shape index (κ1) is 12.0. The average molecular weight is 210 g/mol. The second-order valence-corrected chi connectivity index (χ2v) is 4.32. The number of hydrogen-bond donors (Lipinski definition) is 0. The SMILES string of the molecule is COC(=O)[C@@H]1CC(C)=C(C)C[C@H]1C(C)=O. The standard InChI is InChI=1S/C12H18O3/c1-7-5-10(9(3)13)11(6-8(7)2)12(14)15-4/h10-11H,5-6H2,1-4H3/t10-,11+/m0/s1. The monoisotopic (exact) mass is 210 g/mol. The Bertz CT molecular complexity index is 315. The van der Waals surface area contributed by atoms with Crippen molar-refractivity contribution in [3.05, 3.63) is 11.1 Å². The van der Waals surface area contributed by atoms with Crippen molar-refractivity contribution < 1.29 is 14.3 Å². The van der Waals surface area contributed by atoms with Crippen molar-refractivity contribution in [2.75, 3.05) is 7.11 Å².